The van der Waals surface area contributed by atoms with Gasteiger partial charge in [-0.25, -0.2) is 4.98 Å². The van der Waals surface area contributed by atoms with Gasteiger partial charge in [-0.1, -0.05) is 54.6 Å². The summed E-state index contributed by atoms with van der Waals surface area (Å²) < 4.78 is 0. The van der Waals surface area contributed by atoms with Crippen molar-refractivity contribution >= 4 is 46.3 Å². The van der Waals surface area contributed by atoms with Crippen LogP contribution in [0.15, 0.2) is 120 Å². The van der Waals surface area contributed by atoms with Crippen molar-refractivity contribution in [3.63, 3.8) is 0 Å². The van der Waals surface area contributed by atoms with E-state index in [1.54, 1.807) is 6.08 Å². The third kappa shape index (κ3) is 7.56. The van der Waals surface area contributed by atoms with E-state index in [0.717, 1.165) is 27.7 Å². The van der Waals surface area contributed by atoms with Gasteiger partial charge >= 0.3 is 0 Å². The maximum Gasteiger partial charge on any atom is 0.234 e. The number of anilines is 4. The predicted octanol–water partition coefficient (Wildman–Crippen LogP) is 6.80. The average molecular weight is 509 g/mol. The second-order valence-corrected chi connectivity index (χ2v) is 9.36. The molecule has 0 aliphatic heterocycles. The maximum atomic E-state index is 12.5. The fourth-order valence-electron chi connectivity index (χ4n) is 3.68. The number of benzene rings is 3. The van der Waals surface area contributed by atoms with E-state index in [9.17, 15) is 9.59 Å². The largest absolute Gasteiger partial charge is 0.341 e. The second-order valence-electron chi connectivity index (χ2n) is 8.31. The average Bonchev–Trinajstić information content (AvgIpc) is 2.89. The summed E-state index contributed by atoms with van der Waals surface area (Å²) in [4.78, 5) is 32.4. The van der Waals surface area contributed by atoms with Gasteiger partial charge in [0.15, 0.2) is 5.78 Å². The number of pyridine rings is 1. The highest BCUT2D eigenvalue weighted by Crippen LogP contribution is 2.32. The Kier molecular flexibility index (Phi) is 8.73. The summed E-state index contributed by atoms with van der Waals surface area (Å²) in [7, 11) is 0. The summed E-state index contributed by atoms with van der Waals surface area (Å²) in [6, 6.07) is 32.7. The molecule has 0 aliphatic carbocycles. The molecule has 0 saturated carbocycles. The Balaban J connectivity index is 1.65. The van der Waals surface area contributed by atoms with Crippen molar-refractivity contribution in [2.75, 3.05) is 21.3 Å². The fourth-order valence-corrected chi connectivity index (χ4v) is 4.49. The van der Waals surface area contributed by atoms with E-state index >= 15 is 0 Å². The van der Waals surface area contributed by atoms with Gasteiger partial charge in [-0.2, -0.15) is 0 Å². The molecule has 0 bridgehead atoms. The number of thioether (sulfide) groups is 1. The van der Waals surface area contributed by atoms with Crippen LogP contribution < -0.4 is 15.5 Å². The van der Waals surface area contributed by atoms with Gasteiger partial charge < -0.3 is 10.6 Å². The van der Waals surface area contributed by atoms with Gasteiger partial charge in [0.05, 0.1) is 5.75 Å². The summed E-state index contributed by atoms with van der Waals surface area (Å²) in [6.45, 7) is 3.44. The summed E-state index contributed by atoms with van der Waals surface area (Å²) in [5, 5.41) is 6.29. The van der Waals surface area contributed by atoms with Crippen LogP contribution in [0.1, 0.15) is 12.6 Å². The monoisotopic (exact) mass is 508 g/mol. The van der Waals surface area contributed by atoms with Crippen molar-refractivity contribution < 1.29 is 9.59 Å². The minimum Gasteiger partial charge on any atom is -0.341 e. The first-order valence-corrected chi connectivity index (χ1v) is 12.8. The number of allylic oxidation sites excluding steroid dienone is 1. The maximum absolute atomic E-state index is 12.5. The van der Waals surface area contributed by atoms with Crippen LogP contribution in [0.25, 0.3) is 0 Å². The first kappa shape index (κ1) is 25.7. The number of ketones is 1. The lowest BCUT2D eigenvalue weighted by Gasteiger charge is -2.28. The second kappa shape index (κ2) is 12.6. The van der Waals surface area contributed by atoms with Gasteiger partial charge in [-0.05, 0) is 62.4 Å². The van der Waals surface area contributed by atoms with E-state index in [0.29, 0.717) is 11.6 Å². The number of hydrogen-bond donors (Lipinski definition) is 2. The molecule has 0 unspecified atom stereocenters. The fraction of sp³-hybridized carbons (Fsp3) is 0.100. The Morgan fingerprint density at radius 3 is 2.00 bits per heavy atom. The van der Waals surface area contributed by atoms with E-state index in [-0.39, 0.29) is 17.4 Å². The zero-order chi connectivity index (χ0) is 26.0. The first-order chi connectivity index (χ1) is 18.0. The number of carbonyl (C=O) groups is 2. The summed E-state index contributed by atoms with van der Waals surface area (Å²) >= 11 is 1.43. The number of hydrogen-bond acceptors (Lipinski definition) is 6. The standard InChI is InChI=1S/C30H28N4O2S/c1-22-18-27(37-21-30(36)33-25-14-8-4-9-15-25)20-29(31-22)34(26-16-10-5-11-17-26)28(19-23(2)35)32-24-12-6-3-7-13-24/h3-20,32H,21H2,1-2H3,(H,33,36)/b28-19-. The molecule has 37 heavy (non-hydrogen) atoms. The van der Waals surface area contributed by atoms with Crippen LogP contribution in [0.2, 0.25) is 0 Å². The van der Waals surface area contributed by atoms with E-state index in [2.05, 4.69) is 10.6 Å². The third-order valence-corrected chi connectivity index (χ3v) is 6.19. The molecule has 0 atom stereocenters. The number of rotatable bonds is 10. The number of aromatic nitrogens is 1. The van der Waals surface area contributed by atoms with Crippen LogP contribution in [0.4, 0.5) is 22.9 Å². The Bertz CT molecular complexity index is 1380. The molecule has 186 valence electrons. The van der Waals surface area contributed by atoms with Crippen molar-refractivity contribution in [2.24, 2.45) is 0 Å². The van der Waals surface area contributed by atoms with Crippen LogP contribution in [0.5, 0.6) is 0 Å². The SMILES string of the molecule is CC(=O)/C=C(/Nc1ccccc1)N(c1ccccc1)c1cc(SCC(=O)Nc2ccccc2)cc(C)n1. The molecular formula is C30H28N4O2S. The van der Waals surface area contributed by atoms with Gasteiger partial charge in [0.1, 0.15) is 11.6 Å². The summed E-state index contributed by atoms with van der Waals surface area (Å²) in [5.41, 5.74) is 3.25. The lowest BCUT2D eigenvalue weighted by molar-refractivity contribution is -0.114. The first-order valence-electron chi connectivity index (χ1n) is 11.8. The summed E-state index contributed by atoms with van der Waals surface area (Å²) in [5.74, 6) is 1.27. The molecule has 1 heterocycles. The van der Waals surface area contributed by atoms with E-state index in [4.69, 9.17) is 4.98 Å². The summed E-state index contributed by atoms with van der Waals surface area (Å²) in [6.07, 6.45) is 1.56. The van der Waals surface area contributed by atoms with Gasteiger partial charge in [-0.15, -0.1) is 11.8 Å². The predicted molar refractivity (Wildman–Crippen MR) is 152 cm³/mol. The van der Waals surface area contributed by atoms with Crippen LogP contribution in [0, 0.1) is 6.92 Å². The van der Waals surface area contributed by atoms with Crippen molar-refractivity contribution in [1.82, 2.24) is 4.98 Å². The van der Waals surface area contributed by atoms with Gasteiger partial charge in [0, 0.05) is 33.7 Å². The highest BCUT2D eigenvalue weighted by atomic mass is 32.2. The molecule has 0 spiro atoms. The number of nitrogens with zero attached hydrogens (tertiary/aromatic N) is 2. The number of aryl methyl sites for hydroxylation is 1. The highest BCUT2D eigenvalue weighted by molar-refractivity contribution is 8.00. The van der Waals surface area contributed by atoms with Crippen molar-refractivity contribution in [2.45, 2.75) is 18.7 Å². The molecule has 0 fully saturated rings. The smallest absolute Gasteiger partial charge is 0.234 e. The molecule has 4 rings (SSSR count). The van der Waals surface area contributed by atoms with E-state index in [1.165, 1.54) is 18.7 Å². The molecule has 1 amide bonds. The van der Waals surface area contributed by atoms with Crippen LogP contribution >= 0.6 is 11.8 Å². The number of amides is 1. The minimum absolute atomic E-state index is 0.0879. The highest BCUT2D eigenvalue weighted by Gasteiger charge is 2.19. The van der Waals surface area contributed by atoms with Crippen molar-refractivity contribution in [3.05, 3.63) is 121 Å². The molecule has 0 radical (unpaired) electrons. The van der Waals surface area contributed by atoms with Crippen LogP contribution in [-0.4, -0.2) is 22.4 Å². The molecule has 6 nitrogen and oxygen atoms in total. The Hall–Kier alpha value is -4.36. The lowest BCUT2D eigenvalue weighted by Crippen LogP contribution is -2.24. The number of carbonyl (C=O) groups excluding carboxylic acids is 2. The molecule has 2 N–H and O–H groups in total. The molecule has 0 saturated heterocycles. The van der Waals surface area contributed by atoms with Gasteiger partial charge in [0.25, 0.3) is 0 Å². The Morgan fingerprint density at radius 1 is 0.838 bits per heavy atom. The Labute approximate surface area is 221 Å². The van der Waals surface area contributed by atoms with Crippen molar-refractivity contribution in [1.29, 1.82) is 0 Å². The lowest BCUT2D eigenvalue weighted by atomic mass is 10.2. The molecule has 7 heteroatoms. The molecule has 1 aromatic heterocycles. The molecular weight excluding hydrogens is 480 g/mol. The van der Waals surface area contributed by atoms with Crippen LogP contribution in [0.3, 0.4) is 0 Å². The Morgan fingerprint density at radius 2 is 1.41 bits per heavy atom. The minimum atomic E-state index is -0.0980. The van der Waals surface area contributed by atoms with Gasteiger partial charge in [0.2, 0.25) is 5.91 Å². The number of nitrogens with one attached hydrogen (secondary N) is 2. The zero-order valence-corrected chi connectivity index (χ0v) is 21.5. The zero-order valence-electron chi connectivity index (χ0n) is 20.7. The van der Waals surface area contributed by atoms with Gasteiger partial charge in [-0.3, -0.25) is 14.5 Å². The van der Waals surface area contributed by atoms with Crippen molar-refractivity contribution in [3.8, 4) is 0 Å². The number of para-hydroxylation sites is 3. The molecule has 0 aliphatic rings. The van der Waals surface area contributed by atoms with E-state index in [1.807, 2.05) is 115 Å². The normalized spacial score (nSPS) is 11.0. The van der Waals surface area contributed by atoms with E-state index < -0.39 is 0 Å². The third-order valence-electron chi connectivity index (χ3n) is 5.21. The quantitative estimate of drug-likeness (QED) is 0.181. The topological polar surface area (TPSA) is 74.3 Å². The molecule has 3 aromatic carbocycles. The molecule has 4 aromatic rings. The van der Waals surface area contributed by atoms with Crippen LogP contribution in [-0.2, 0) is 9.59 Å².